The van der Waals surface area contributed by atoms with Gasteiger partial charge in [0.1, 0.15) is 23.9 Å². The third kappa shape index (κ3) is 5.09. The Balaban J connectivity index is 1.40. The van der Waals surface area contributed by atoms with Crippen LogP contribution in [0.25, 0.3) is 11.0 Å². The molecule has 0 saturated carbocycles. The first-order valence-electron chi connectivity index (χ1n) is 10.7. The van der Waals surface area contributed by atoms with Gasteiger partial charge in [-0.2, -0.15) is 0 Å². The normalized spacial score (nSPS) is 10.8. The van der Waals surface area contributed by atoms with Crippen LogP contribution in [0.2, 0.25) is 0 Å². The van der Waals surface area contributed by atoms with Crippen LogP contribution >= 0.6 is 0 Å². The molecule has 0 radical (unpaired) electrons. The Hall–Kier alpha value is -3.80. The highest BCUT2D eigenvalue weighted by Gasteiger charge is 2.12. The van der Waals surface area contributed by atoms with Gasteiger partial charge in [0.05, 0.1) is 24.7 Å². The van der Waals surface area contributed by atoms with Gasteiger partial charge in [-0.1, -0.05) is 29.8 Å². The number of ether oxygens (including phenoxy) is 2. The van der Waals surface area contributed by atoms with Gasteiger partial charge in [-0.05, 0) is 55.5 Å². The summed E-state index contributed by atoms with van der Waals surface area (Å²) in [6.07, 6.45) is 0.634. The van der Waals surface area contributed by atoms with E-state index in [0.29, 0.717) is 31.7 Å². The Labute approximate surface area is 187 Å². The van der Waals surface area contributed by atoms with Crippen molar-refractivity contribution >= 4 is 16.9 Å². The molecule has 0 bridgehead atoms. The zero-order valence-corrected chi connectivity index (χ0v) is 18.4. The highest BCUT2D eigenvalue weighted by molar-refractivity contribution is 5.94. The van der Waals surface area contributed by atoms with Crippen LogP contribution in [0.15, 0.2) is 72.8 Å². The van der Waals surface area contributed by atoms with Gasteiger partial charge in [-0.3, -0.25) is 4.79 Å². The van der Waals surface area contributed by atoms with Gasteiger partial charge in [0.2, 0.25) is 0 Å². The van der Waals surface area contributed by atoms with Crippen molar-refractivity contribution in [3.05, 3.63) is 89.7 Å². The number of methoxy groups -OCH3 is 1. The molecule has 0 atom stereocenters. The van der Waals surface area contributed by atoms with Gasteiger partial charge in [0.15, 0.2) is 0 Å². The summed E-state index contributed by atoms with van der Waals surface area (Å²) in [4.78, 5) is 17.2. The smallest absolute Gasteiger partial charge is 0.251 e. The van der Waals surface area contributed by atoms with Crippen molar-refractivity contribution in [1.29, 1.82) is 0 Å². The number of carbonyl (C=O) groups is 1. The van der Waals surface area contributed by atoms with E-state index in [4.69, 9.17) is 14.5 Å². The summed E-state index contributed by atoms with van der Waals surface area (Å²) in [7, 11) is 1.64. The van der Waals surface area contributed by atoms with E-state index in [2.05, 4.69) is 16.0 Å². The number of fused-ring (bicyclic) bond motifs is 1. The van der Waals surface area contributed by atoms with Crippen molar-refractivity contribution < 1.29 is 14.3 Å². The molecule has 3 aromatic carbocycles. The first-order valence-corrected chi connectivity index (χ1v) is 10.7. The molecular formula is C26H27N3O3. The van der Waals surface area contributed by atoms with Crippen molar-refractivity contribution in [3.63, 3.8) is 0 Å². The van der Waals surface area contributed by atoms with E-state index in [0.717, 1.165) is 33.9 Å². The maximum Gasteiger partial charge on any atom is 0.251 e. The third-order valence-corrected chi connectivity index (χ3v) is 5.32. The number of benzene rings is 3. The SMILES string of the molecule is COc1ccc(OCCn2c(CCNC(=O)c3ccc(C)cc3)nc3ccccc32)cc1. The van der Waals surface area contributed by atoms with E-state index in [1.807, 2.05) is 73.7 Å². The molecule has 0 spiro atoms. The molecule has 6 heteroatoms. The minimum absolute atomic E-state index is 0.0736. The van der Waals surface area contributed by atoms with Crippen molar-refractivity contribution in [2.24, 2.45) is 0 Å². The lowest BCUT2D eigenvalue weighted by Gasteiger charge is -2.12. The van der Waals surface area contributed by atoms with Crippen LogP contribution < -0.4 is 14.8 Å². The van der Waals surface area contributed by atoms with E-state index < -0.39 is 0 Å². The molecule has 0 unspecified atom stereocenters. The summed E-state index contributed by atoms with van der Waals surface area (Å²) in [5, 5.41) is 3.00. The van der Waals surface area contributed by atoms with E-state index in [-0.39, 0.29) is 5.91 Å². The van der Waals surface area contributed by atoms with E-state index >= 15 is 0 Å². The molecule has 4 aromatic rings. The lowest BCUT2D eigenvalue weighted by atomic mass is 10.1. The molecule has 0 fully saturated rings. The first kappa shape index (κ1) is 21.4. The van der Waals surface area contributed by atoms with E-state index in [1.165, 1.54) is 0 Å². The van der Waals surface area contributed by atoms with Gasteiger partial charge >= 0.3 is 0 Å². The van der Waals surface area contributed by atoms with Crippen molar-refractivity contribution in [2.45, 2.75) is 19.9 Å². The average Bonchev–Trinajstić information content (AvgIpc) is 3.17. The van der Waals surface area contributed by atoms with Gasteiger partial charge in [-0.15, -0.1) is 0 Å². The number of aromatic nitrogens is 2. The maximum atomic E-state index is 12.4. The molecule has 1 N–H and O–H groups in total. The summed E-state index contributed by atoms with van der Waals surface area (Å²) in [5.41, 5.74) is 3.80. The summed E-state index contributed by atoms with van der Waals surface area (Å²) < 4.78 is 13.3. The molecule has 1 amide bonds. The predicted molar refractivity (Wildman–Crippen MR) is 125 cm³/mol. The van der Waals surface area contributed by atoms with Crippen molar-refractivity contribution in [3.8, 4) is 11.5 Å². The monoisotopic (exact) mass is 429 g/mol. The van der Waals surface area contributed by atoms with Crippen LogP contribution in [0.5, 0.6) is 11.5 Å². The van der Waals surface area contributed by atoms with E-state index in [1.54, 1.807) is 7.11 Å². The topological polar surface area (TPSA) is 65.4 Å². The molecule has 0 saturated heterocycles. The lowest BCUT2D eigenvalue weighted by Crippen LogP contribution is -2.26. The van der Waals surface area contributed by atoms with Crippen LogP contribution in [0, 0.1) is 6.92 Å². The van der Waals surface area contributed by atoms with Gasteiger partial charge < -0.3 is 19.4 Å². The summed E-state index contributed by atoms with van der Waals surface area (Å²) in [6.45, 7) is 3.68. The Morgan fingerprint density at radius 3 is 2.44 bits per heavy atom. The number of nitrogens with zero attached hydrogens (tertiary/aromatic N) is 2. The second kappa shape index (κ2) is 10.0. The number of rotatable bonds is 9. The number of imidazole rings is 1. The van der Waals surface area contributed by atoms with Crippen LogP contribution in [-0.4, -0.2) is 35.7 Å². The fourth-order valence-electron chi connectivity index (χ4n) is 3.59. The molecule has 0 aliphatic carbocycles. The quantitative estimate of drug-likeness (QED) is 0.428. The molecule has 0 aliphatic heterocycles. The predicted octanol–water partition coefficient (Wildman–Crippen LogP) is 4.40. The molecule has 4 rings (SSSR count). The van der Waals surface area contributed by atoms with Gasteiger partial charge in [0, 0.05) is 18.5 Å². The highest BCUT2D eigenvalue weighted by Crippen LogP contribution is 2.19. The first-order chi connectivity index (χ1) is 15.6. The highest BCUT2D eigenvalue weighted by atomic mass is 16.5. The molecular weight excluding hydrogens is 402 g/mol. The van der Waals surface area contributed by atoms with Crippen LogP contribution in [0.4, 0.5) is 0 Å². The number of hydrogen-bond acceptors (Lipinski definition) is 4. The molecule has 1 aromatic heterocycles. The number of nitrogens with one attached hydrogen (secondary N) is 1. The molecule has 1 heterocycles. The van der Waals surface area contributed by atoms with Crippen LogP contribution in [0.3, 0.4) is 0 Å². The number of amides is 1. The fraction of sp³-hybridized carbons (Fsp3) is 0.231. The van der Waals surface area contributed by atoms with Crippen molar-refractivity contribution in [2.75, 3.05) is 20.3 Å². The second-order valence-electron chi connectivity index (χ2n) is 7.56. The minimum atomic E-state index is -0.0736. The summed E-state index contributed by atoms with van der Waals surface area (Å²) in [5.74, 6) is 2.44. The fourth-order valence-corrected chi connectivity index (χ4v) is 3.59. The number of carbonyl (C=O) groups excluding carboxylic acids is 1. The van der Waals surface area contributed by atoms with E-state index in [9.17, 15) is 4.79 Å². The third-order valence-electron chi connectivity index (χ3n) is 5.32. The zero-order chi connectivity index (χ0) is 22.3. The minimum Gasteiger partial charge on any atom is -0.497 e. The Kier molecular flexibility index (Phi) is 6.70. The Morgan fingerprint density at radius 1 is 0.969 bits per heavy atom. The molecule has 164 valence electrons. The second-order valence-corrected chi connectivity index (χ2v) is 7.56. The van der Waals surface area contributed by atoms with Crippen LogP contribution in [-0.2, 0) is 13.0 Å². The molecule has 0 aliphatic rings. The van der Waals surface area contributed by atoms with Crippen LogP contribution in [0.1, 0.15) is 21.7 Å². The number of aryl methyl sites for hydroxylation is 1. The lowest BCUT2D eigenvalue weighted by molar-refractivity contribution is 0.0954. The Morgan fingerprint density at radius 2 is 1.69 bits per heavy atom. The number of para-hydroxylation sites is 2. The zero-order valence-electron chi connectivity index (χ0n) is 18.4. The largest absolute Gasteiger partial charge is 0.497 e. The van der Waals surface area contributed by atoms with Gasteiger partial charge in [-0.25, -0.2) is 4.98 Å². The summed E-state index contributed by atoms with van der Waals surface area (Å²) >= 11 is 0. The maximum absolute atomic E-state index is 12.4. The number of hydrogen-bond donors (Lipinski definition) is 1. The molecule has 32 heavy (non-hydrogen) atoms. The summed E-state index contributed by atoms with van der Waals surface area (Å²) in [6, 6.07) is 23.2. The van der Waals surface area contributed by atoms with Crippen molar-refractivity contribution in [1.82, 2.24) is 14.9 Å². The molecule has 6 nitrogen and oxygen atoms in total. The van der Waals surface area contributed by atoms with Gasteiger partial charge in [0.25, 0.3) is 5.91 Å². The standard InChI is InChI=1S/C26H27N3O3/c1-19-7-9-20(10-8-19)26(30)27-16-15-25-28-23-5-3-4-6-24(23)29(25)17-18-32-22-13-11-21(31-2)12-14-22/h3-14H,15-18H2,1-2H3,(H,27,30). The average molecular weight is 430 g/mol. The Bertz CT molecular complexity index is 1180.